The van der Waals surface area contributed by atoms with Crippen LogP contribution < -0.4 is 14.4 Å². The van der Waals surface area contributed by atoms with Crippen molar-refractivity contribution in [3.8, 4) is 5.75 Å². The van der Waals surface area contributed by atoms with Crippen LogP contribution in [0.3, 0.4) is 0 Å². The Morgan fingerprint density at radius 1 is 1.14 bits per heavy atom. The summed E-state index contributed by atoms with van der Waals surface area (Å²) in [5.74, 6) is 0.500. The Morgan fingerprint density at radius 3 is 2.43 bits per heavy atom. The number of nitrogens with one attached hydrogen (secondary N) is 1. The van der Waals surface area contributed by atoms with Crippen molar-refractivity contribution in [2.45, 2.75) is 19.8 Å². The van der Waals surface area contributed by atoms with Crippen LogP contribution in [0.2, 0.25) is 0 Å². The lowest BCUT2D eigenvalue weighted by Crippen LogP contribution is -2.40. The second kappa shape index (κ2) is 10.5. The van der Waals surface area contributed by atoms with Crippen LogP contribution in [0, 0.1) is 0 Å². The van der Waals surface area contributed by atoms with Gasteiger partial charge >= 0.3 is 0 Å². The molecule has 8 heteroatoms. The van der Waals surface area contributed by atoms with Gasteiger partial charge in [-0.25, -0.2) is 8.42 Å². The minimum Gasteiger partial charge on any atom is -0.494 e. The van der Waals surface area contributed by atoms with E-state index >= 15 is 0 Å². The SMILES string of the molecule is CCOc1ccc(CCCNC(=O)CN(c2ccccc2Br)S(C)(=O)=O)cc1. The molecule has 0 bridgehead atoms. The van der Waals surface area contributed by atoms with Gasteiger partial charge in [0.1, 0.15) is 12.3 Å². The van der Waals surface area contributed by atoms with E-state index in [1.54, 1.807) is 24.3 Å². The molecule has 0 saturated heterocycles. The number of hydrogen-bond acceptors (Lipinski definition) is 4. The van der Waals surface area contributed by atoms with Crippen LogP contribution in [-0.2, 0) is 21.2 Å². The maximum absolute atomic E-state index is 12.3. The second-order valence-corrected chi connectivity index (χ2v) is 9.01. The molecule has 1 N–H and O–H groups in total. The summed E-state index contributed by atoms with van der Waals surface area (Å²) in [6.45, 7) is 2.79. The van der Waals surface area contributed by atoms with E-state index < -0.39 is 10.0 Å². The number of amides is 1. The highest BCUT2D eigenvalue weighted by Gasteiger charge is 2.22. The number of nitrogens with zero attached hydrogens (tertiary/aromatic N) is 1. The van der Waals surface area contributed by atoms with Gasteiger partial charge in [0.05, 0.1) is 18.6 Å². The Balaban J connectivity index is 1.85. The summed E-state index contributed by atoms with van der Waals surface area (Å²) in [6, 6.07) is 14.8. The van der Waals surface area contributed by atoms with Crippen LogP contribution in [0.1, 0.15) is 18.9 Å². The lowest BCUT2D eigenvalue weighted by molar-refractivity contribution is -0.119. The van der Waals surface area contributed by atoms with Crippen LogP contribution >= 0.6 is 15.9 Å². The number of halogens is 1. The van der Waals surface area contributed by atoms with Gasteiger partial charge in [-0.2, -0.15) is 0 Å². The number of para-hydroxylation sites is 1. The second-order valence-electron chi connectivity index (χ2n) is 6.25. The van der Waals surface area contributed by atoms with E-state index in [1.165, 1.54) is 0 Å². The normalized spacial score (nSPS) is 11.1. The third-order valence-electron chi connectivity index (χ3n) is 4.01. The lowest BCUT2D eigenvalue weighted by atomic mass is 10.1. The van der Waals surface area contributed by atoms with E-state index in [9.17, 15) is 13.2 Å². The van der Waals surface area contributed by atoms with Crippen molar-refractivity contribution in [1.29, 1.82) is 0 Å². The van der Waals surface area contributed by atoms with Gasteiger partial charge in [0.25, 0.3) is 0 Å². The molecule has 2 aromatic rings. The Labute approximate surface area is 175 Å². The summed E-state index contributed by atoms with van der Waals surface area (Å²) in [6.07, 6.45) is 2.66. The number of carbonyl (C=O) groups excluding carboxylic acids is 1. The molecule has 0 aliphatic heterocycles. The number of ether oxygens (including phenoxy) is 1. The van der Waals surface area contributed by atoms with Crippen molar-refractivity contribution in [3.05, 3.63) is 58.6 Å². The highest BCUT2D eigenvalue weighted by atomic mass is 79.9. The fraction of sp³-hybridized carbons (Fsp3) is 0.350. The van der Waals surface area contributed by atoms with Crippen LogP contribution in [-0.4, -0.2) is 40.3 Å². The zero-order valence-corrected chi connectivity index (χ0v) is 18.4. The number of carbonyl (C=O) groups is 1. The molecule has 0 heterocycles. The number of benzene rings is 2. The third kappa shape index (κ3) is 6.83. The summed E-state index contributed by atoms with van der Waals surface area (Å²) in [5, 5.41) is 2.79. The molecular weight excluding hydrogens is 444 g/mol. The van der Waals surface area contributed by atoms with E-state index in [1.807, 2.05) is 31.2 Å². The molecule has 0 aliphatic carbocycles. The maximum Gasteiger partial charge on any atom is 0.240 e. The minimum atomic E-state index is -3.59. The van der Waals surface area contributed by atoms with Crippen molar-refractivity contribution in [3.63, 3.8) is 0 Å². The first-order chi connectivity index (χ1) is 13.3. The van der Waals surface area contributed by atoms with Crippen LogP contribution in [0.25, 0.3) is 0 Å². The number of anilines is 1. The van der Waals surface area contributed by atoms with Crippen molar-refractivity contribution in [2.75, 3.05) is 30.3 Å². The molecule has 0 fully saturated rings. The smallest absolute Gasteiger partial charge is 0.240 e. The summed E-state index contributed by atoms with van der Waals surface area (Å²) in [5.41, 5.74) is 1.60. The van der Waals surface area contributed by atoms with Crippen molar-refractivity contribution in [2.24, 2.45) is 0 Å². The van der Waals surface area contributed by atoms with Crippen molar-refractivity contribution < 1.29 is 17.9 Å². The number of aryl methyl sites for hydroxylation is 1. The van der Waals surface area contributed by atoms with Gasteiger partial charge in [0.2, 0.25) is 15.9 Å². The van der Waals surface area contributed by atoms with Crippen LogP contribution in [0.4, 0.5) is 5.69 Å². The first-order valence-corrected chi connectivity index (χ1v) is 11.7. The van der Waals surface area contributed by atoms with Gasteiger partial charge in [-0.05, 0) is 65.5 Å². The largest absolute Gasteiger partial charge is 0.494 e. The lowest BCUT2D eigenvalue weighted by Gasteiger charge is -2.23. The van der Waals surface area contributed by atoms with E-state index in [0.29, 0.717) is 23.3 Å². The molecule has 0 aromatic heterocycles. The molecule has 6 nitrogen and oxygen atoms in total. The Morgan fingerprint density at radius 2 is 1.82 bits per heavy atom. The zero-order valence-electron chi connectivity index (χ0n) is 16.0. The highest BCUT2D eigenvalue weighted by molar-refractivity contribution is 9.10. The van der Waals surface area contributed by atoms with Crippen molar-refractivity contribution >= 4 is 37.5 Å². The molecular formula is C20H25BrN2O4S. The summed E-state index contributed by atoms with van der Waals surface area (Å²) in [7, 11) is -3.59. The molecule has 0 saturated carbocycles. The molecule has 0 radical (unpaired) electrons. The van der Waals surface area contributed by atoms with Crippen LogP contribution in [0.15, 0.2) is 53.0 Å². The molecule has 28 heavy (non-hydrogen) atoms. The zero-order chi connectivity index (χ0) is 20.6. The third-order valence-corrected chi connectivity index (χ3v) is 5.80. The summed E-state index contributed by atoms with van der Waals surface area (Å²) in [4.78, 5) is 12.3. The molecule has 0 aliphatic rings. The van der Waals surface area contributed by atoms with Gasteiger partial charge in [0.15, 0.2) is 0 Å². The first-order valence-electron chi connectivity index (χ1n) is 9.02. The fourth-order valence-electron chi connectivity index (χ4n) is 2.66. The Kier molecular flexibility index (Phi) is 8.32. The predicted octanol–water partition coefficient (Wildman–Crippen LogP) is 3.36. The fourth-order valence-corrected chi connectivity index (χ4v) is 4.15. The molecule has 0 unspecified atom stereocenters. The molecule has 152 valence electrons. The molecule has 0 atom stereocenters. The average molecular weight is 469 g/mol. The van der Waals surface area contributed by atoms with Gasteiger partial charge in [-0.3, -0.25) is 9.10 Å². The minimum absolute atomic E-state index is 0.259. The van der Waals surface area contributed by atoms with Gasteiger partial charge < -0.3 is 10.1 Å². The number of sulfonamides is 1. The Bertz CT molecular complexity index is 885. The van der Waals surface area contributed by atoms with Gasteiger partial charge in [-0.15, -0.1) is 0 Å². The van der Waals surface area contributed by atoms with E-state index in [4.69, 9.17) is 4.74 Å². The summed E-state index contributed by atoms with van der Waals surface area (Å²) >= 11 is 3.34. The molecule has 1 amide bonds. The topological polar surface area (TPSA) is 75.7 Å². The van der Waals surface area contributed by atoms with E-state index in [-0.39, 0.29) is 12.5 Å². The predicted molar refractivity (Wildman–Crippen MR) is 115 cm³/mol. The number of hydrogen-bond donors (Lipinski definition) is 1. The Hall–Kier alpha value is -2.06. The monoisotopic (exact) mass is 468 g/mol. The number of rotatable bonds is 10. The van der Waals surface area contributed by atoms with Crippen molar-refractivity contribution in [1.82, 2.24) is 5.32 Å². The first kappa shape index (κ1) is 22.2. The summed E-state index contributed by atoms with van der Waals surface area (Å²) < 4.78 is 31.4. The van der Waals surface area contributed by atoms with Crippen LogP contribution in [0.5, 0.6) is 5.75 Å². The van der Waals surface area contributed by atoms with E-state index in [2.05, 4.69) is 21.2 Å². The maximum atomic E-state index is 12.3. The standard InChI is InChI=1S/C20H25BrN2O4S/c1-3-27-17-12-10-16(11-13-17)7-6-14-22-20(24)15-23(28(2,25)26)19-9-5-4-8-18(19)21/h4-5,8-13H,3,6-7,14-15H2,1-2H3,(H,22,24). The van der Waals surface area contributed by atoms with Gasteiger partial charge in [0, 0.05) is 11.0 Å². The van der Waals surface area contributed by atoms with Gasteiger partial charge in [-0.1, -0.05) is 24.3 Å². The molecule has 0 spiro atoms. The highest BCUT2D eigenvalue weighted by Crippen LogP contribution is 2.27. The molecule has 2 aromatic carbocycles. The molecule has 2 rings (SSSR count). The average Bonchev–Trinajstić information content (AvgIpc) is 2.65. The quantitative estimate of drug-likeness (QED) is 0.542. The van der Waals surface area contributed by atoms with E-state index in [0.717, 1.165) is 34.7 Å².